The van der Waals surface area contributed by atoms with Crippen LogP contribution in [0.15, 0.2) is 42.1 Å². The minimum Gasteiger partial charge on any atom is -0.457 e. The van der Waals surface area contributed by atoms with Gasteiger partial charge >= 0.3 is 5.97 Å². The first-order chi connectivity index (χ1) is 9.78. The van der Waals surface area contributed by atoms with E-state index in [1.54, 1.807) is 0 Å². The van der Waals surface area contributed by atoms with Gasteiger partial charge < -0.3 is 10.1 Å². The third-order valence-corrected chi connectivity index (χ3v) is 4.24. The van der Waals surface area contributed by atoms with E-state index >= 15 is 0 Å². The minimum atomic E-state index is -1.30. The van der Waals surface area contributed by atoms with Crippen LogP contribution in [0.2, 0.25) is 19.6 Å². The number of carbonyl (C=O) groups excluding carboxylic acids is 1. The van der Waals surface area contributed by atoms with E-state index in [0.29, 0.717) is 0 Å². The molecule has 0 saturated heterocycles. The predicted molar refractivity (Wildman–Crippen MR) is 90.8 cm³/mol. The summed E-state index contributed by atoms with van der Waals surface area (Å²) in [5, 5.41) is 3.43. The highest BCUT2D eigenvalue weighted by atomic mass is 28.3. The maximum atomic E-state index is 11.3. The highest BCUT2D eigenvalue weighted by Crippen LogP contribution is 2.09. The van der Waals surface area contributed by atoms with Crippen LogP contribution >= 0.6 is 0 Å². The third kappa shape index (κ3) is 7.83. The Labute approximate surface area is 129 Å². The number of benzene rings is 1. The number of rotatable bonds is 7. The van der Waals surface area contributed by atoms with Crippen LogP contribution in [0.3, 0.4) is 0 Å². The lowest BCUT2D eigenvalue weighted by Crippen LogP contribution is -2.39. The van der Waals surface area contributed by atoms with Gasteiger partial charge in [-0.25, -0.2) is 0 Å². The molecule has 3 nitrogen and oxygen atoms in total. The second-order valence-electron chi connectivity index (χ2n) is 6.45. The van der Waals surface area contributed by atoms with Gasteiger partial charge in [0.05, 0.1) is 8.07 Å². The average molecular weight is 305 g/mol. The van der Waals surface area contributed by atoms with Crippen molar-refractivity contribution in [3.63, 3.8) is 0 Å². The molecule has 0 unspecified atom stereocenters. The monoisotopic (exact) mass is 305 g/mol. The molecule has 1 aromatic carbocycles. The number of hydrogen-bond acceptors (Lipinski definition) is 3. The molecule has 0 aliphatic carbocycles. The molecule has 1 aromatic rings. The van der Waals surface area contributed by atoms with Crippen LogP contribution in [0.1, 0.15) is 19.4 Å². The second kappa shape index (κ2) is 8.15. The Morgan fingerprint density at radius 2 is 1.90 bits per heavy atom. The highest BCUT2D eigenvalue weighted by Gasteiger charge is 2.18. The number of ether oxygens (including phenoxy) is 1. The van der Waals surface area contributed by atoms with Gasteiger partial charge in [0.25, 0.3) is 0 Å². The van der Waals surface area contributed by atoms with Crippen molar-refractivity contribution in [2.24, 2.45) is 0 Å². The Kier molecular flexibility index (Phi) is 6.85. The van der Waals surface area contributed by atoms with Gasteiger partial charge in [-0.1, -0.05) is 61.7 Å². The lowest BCUT2D eigenvalue weighted by molar-refractivity contribution is -0.145. The Balaban J connectivity index is 2.64. The smallest absolute Gasteiger partial charge is 0.303 e. The van der Waals surface area contributed by atoms with E-state index in [-0.39, 0.29) is 18.1 Å². The normalized spacial score (nSPS) is 14.9. The van der Waals surface area contributed by atoms with E-state index in [0.717, 1.165) is 6.54 Å². The number of esters is 1. The molecule has 0 aromatic heterocycles. The molecule has 0 spiro atoms. The standard InChI is InChI=1S/C17H27NO2Si/c1-14(18-13-16-9-7-6-8-10-16)17(20-15(2)19)11-12-21(3,4)5/h6-12,14,17-18H,13H2,1-5H3/b12-11-/t14-,17+/m0/s1. The van der Waals surface area contributed by atoms with Crippen molar-refractivity contribution in [3.8, 4) is 0 Å². The third-order valence-electron chi connectivity index (χ3n) is 3.05. The molecule has 0 amide bonds. The zero-order valence-corrected chi connectivity index (χ0v) is 14.7. The first-order valence-electron chi connectivity index (χ1n) is 7.42. The molecule has 0 bridgehead atoms. The Morgan fingerprint density at radius 3 is 2.43 bits per heavy atom. The lowest BCUT2D eigenvalue weighted by atomic mass is 10.1. The predicted octanol–water partition coefficient (Wildman–Crippen LogP) is 3.53. The van der Waals surface area contributed by atoms with Crippen molar-refractivity contribution in [2.45, 2.75) is 52.2 Å². The molecule has 0 heterocycles. The fourth-order valence-electron chi connectivity index (χ4n) is 1.87. The van der Waals surface area contributed by atoms with Gasteiger partial charge in [0.1, 0.15) is 6.10 Å². The largest absolute Gasteiger partial charge is 0.457 e. The summed E-state index contributed by atoms with van der Waals surface area (Å²) < 4.78 is 5.43. The van der Waals surface area contributed by atoms with Crippen molar-refractivity contribution in [1.82, 2.24) is 5.32 Å². The molecular weight excluding hydrogens is 278 g/mol. The summed E-state index contributed by atoms with van der Waals surface area (Å²) in [4.78, 5) is 11.3. The van der Waals surface area contributed by atoms with E-state index in [1.165, 1.54) is 12.5 Å². The van der Waals surface area contributed by atoms with Crippen LogP contribution in [0.25, 0.3) is 0 Å². The van der Waals surface area contributed by atoms with Crippen LogP contribution < -0.4 is 5.32 Å². The number of nitrogens with one attached hydrogen (secondary N) is 1. The Morgan fingerprint density at radius 1 is 1.29 bits per heavy atom. The molecular formula is C17H27NO2Si. The molecule has 21 heavy (non-hydrogen) atoms. The van der Waals surface area contributed by atoms with Gasteiger partial charge in [-0.2, -0.15) is 0 Å². The maximum absolute atomic E-state index is 11.3. The van der Waals surface area contributed by atoms with Crippen LogP contribution in [0.5, 0.6) is 0 Å². The van der Waals surface area contributed by atoms with Crippen LogP contribution in [0.4, 0.5) is 0 Å². The van der Waals surface area contributed by atoms with Gasteiger partial charge in [-0.05, 0) is 12.5 Å². The summed E-state index contributed by atoms with van der Waals surface area (Å²) in [5.74, 6) is -0.242. The average Bonchev–Trinajstić information content (AvgIpc) is 2.40. The highest BCUT2D eigenvalue weighted by molar-refractivity contribution is 6.80. The van der Waals surface area contributed by atoms with Crippen LogP contribution in [-0.4, -0.2) is 26.2 Å². The quantitative estimate of drug-likeness (QED) is 0.618. The molecule has 0 radical (unpaired) electrons. The summed E-state index contributed by atoms with van der Waals surface area (Å²) in [7, 11) is -1.30. The van der Waals surface area contributed by atoms with Crippen LogP contribution in [-0.2, 0) is 16.1 Å². The summed E-state index contributed by atoms with van der Waals surface area (Å²) >= 11 is 0. The van der Waals surface area contributed by atoms with Gasteiger partial charge in [0.15, 0.2) is 0 Å². The van der Waals surface area contributed by atoms with E-state index in [4.69, 9.17) is 4.74 Å². The SMILES string of the molecule is CC(=O)O[C@H](/C=C\[Si](C)(C)C)[C@H](C)NCc1ccccc1. The summed E-state index contributed by atoms with van der Waals surface area (Å²) in [6.45, 7) is 11.0. The van der Waals surface area contributed by atoms with E-state index in [2.05, 4.69) is 42.8 Å². The van der Waals surface area contributed by atoms with Crippen molar-refractivity contribution in [3.05, 3.63) is 47.7 Å². The molecule has 116 valence electrons. The molecule has 1 N–H and O–H groups in total. The van der Waals surface area contributed by atoms with E-state index in [1.807, 2.05) is 31.2 Å². The van der Waals surface area contributed by atoms with Gasteiger partial charge in [-0.15, -0.1) is 0 Å². The van der Waals surface area contributed by atoms with E-state index in [9.17, 15) is 4.79 Å². The van der Waals surface area contributed by atoms with Gasteiger partial charge in [0, 0.05) is 19.5 Å². The fraction of sp³-hybridized carbons (Fsp3) is 0.471. The van der Waals surface area contributed by atoms with Crippen molar-refractivity contribution < 1.29 is 9.53 Å². The molecule has 0 fully saturated rings. The Hall–Kier alpha value is -1.39. The van der Waals surface area contributed by atoms with Crippen LogP contribution in [0, 0.1) is 0 Å². The van der Waals surface area contributed by atoms with E-state index < -0.39 is 8.07 Å². The molecule has 4 heteroatoms. The first-order valence-corrected chi connectivity index (χ1v) is 11.0. The zero-order valence-electron chi connectivity index (χ0n) is 13.7. The number of carbonyl (C=O) groups is 1. The molecule has 0 aliphatic rings. The Bertz CT molecular complexity index is 465. The fourth-order valence-corrected chi connectivity index (χ4v) is 2.64. The number of hydrogen-bond donors (Lipinski definition) is 1. The first kappa shape index (κ1) is 17.7. The van der Waals surface area contributed by atoms with Gasteiger partial charge in [0.2, 0.25) is 0 Å². The zero-order chi connectivity index (χ0) is 15.9. The van der Waals surface area contributed by atoms with Crippen molar-refractivity contribution in [1.29, 1.82) is 0 Å². The van der Waals surface area contributed by atoms with Crippen molar-refractivity contribution >= 4 is 14.0 Å². The van der Waals surface area contributed by atoms with Crippen molar-refractivity contribution in [2.75, 3.05) is 0 Å². The summed E-state index contributed by atoms with van der Waals surface area (Å²) in [6, 6.07) is 10.3. The summed E-state index contributed by atoms with van der Waals surface area (Å²) in [6.07, 6.45) is 1.81. The lowest BCUT2D eigenvalue weighted by Gasteiger charge is -2.23. The maximum Gasteiger partial charge on any atom is 0.303 e. The topological polar surface area (TPSA) is 38.3 Å². The molecule has 1 rings (SSSR count). The molecule has 0 aliphatic heterocycles. The molecule has 2 atom stereocenters. The summed E-state index contributed by atoms with van der Waals surface area (Å²) in [5.41, 5.74) is 3.45. The molecule has 0 saturated carbocycles. The van der Waals surface area contributed by atoms with Gasteiger partial charge in [-0.3, -0.25) is 4.79 Å². The minimum absolute atomic E-state index is 0.0710. The second-order valence-corrected chi connectivity index (χ2v) is 11.5.